The molecule has 0 bridgehead atoms. The van der Waals surface area contributed by atoms with E-state index < -0.39 is 21.7 Å². The van der Waals surface area contributed by atoms with Crippen LogP contribution in [-0.4, -0.2) is 23.0 Å². The number of rotatable bonds is 6. The second kappa shape index (κ2) is 7.91. The van der Waals surface area contributed by atoms with Gasteiger partial charge in [0.1, 0.15) is 17.9 Å². The van der Waals surface area contributed by atoms with Crippen molar-refractivity contribution in [1.29, 1.82) is 0 Å². The maximum absolute atomic E-state index is 13.3. The summed E-state index contributed by atoms with van der Waals surface area (Å²) in [5, 5.41) is 0. The molecule has 30 heavy (non-hydrogen) atoms. The molecule has 0 spiro atoms. The maximum atomic E-state index is 13.3. The monoisotopic (exact) mass is 428 g/mol. The van der Waals surface area contributed by atoms with Crippen LogP contribution >= 0.6 is 0 Å². The zero-order valence-electron chi connectivity index (χ0n) is 15.2. The van der Waals surface area contributed by atoms with E-state index in [1.165, 1.54) is 18.5 Å². The summed E-state index contributed by atoms with van der Waals surface area (Å²) >= 11 is 0. The quantitative estimate of drug-likeness (QED) is 0.499. The minimum Gasteiger partial charge on any atom is -0.439 e. The fourth-order valence-corrected chi connectivity index (χ4v) is 3.65. The fraction of sp³-hybridized carbons (Fsp3) is 0. The molecule has 2 aromatic heterocycles. The Hall–Kier alpha value is -3.79. The van der Waals surface area contributed by atoms with E-state index >= 15 is 0 Å². The van der Waals surface area contributed by atoms with Crippen LogP contribution in [0.1, 0.15) is 0 Å². The maximum Gasteiger partial charge on any atom is 0.261 e. The molecule has 0 aliphatic rings. The van der Waals surface area contributed by atoms with E-state index in [0.29, 0.717) is 23.5 Å². The summed E-state index contributed by atoms with van der Waals surface area (Å²) in [5.74, 6) is -1.02. The lowest BCUT2D eigenvalue weighted by Crippen LogP contribution is -2.13. The summed E-state index contributed by atoms with van der Waals surface area (Å²) in [6.07, 6.45) is 5.04. The third kappa shape index (κ3) is 4.28. The zero-order valence-corrected chi connectivity index (χ0v) is 16.1. The second-order valence-corrected chi connectivity index (χ2v) is 7.80. The third-order valence-corrected chi connectivity index (χ3v) is 5.41. The molecule has 0 radical (unpaired) electrons. The number of nitrogens with zero attached hydrogens (tertiary/aromatic N) is 3. The van der Waals surface area contributed by atoms with Crippen LogP contribution < -0.4 is 9.46 Å². The molecule has 0 fully saturated rings. The largest absolute Gasteiger partial charge is 0.439 e. The summed E-state index contributed by atoms with van der Waals surface area (Å²) in [4.78, 5) is 7.83. The summed E-state index contributed by atoms with van der Waals surface area (Å²) < 4.78 is 60.8. The Labute approximate surface area is 170 Å². The molecule has 2 heterocycles. The lowest BCUT2D eigenvalue weighted by atomic mass is 10.3. The normalized spacial score (nSPS) is 11.3. The van der Waals surface area contributed by atoms with Crippen LogP contribution in [0.2, 0.25) is 0 Å². The van der Waals surface area contributed by atoms with Crippen molar-refractivity contribution in [3.63, 3.8) is 0 Å². The minimum atomic E-state index is -4.08. The van der Waals surface area contributed by atoms with Gasteiger partial charge in [-0.15, -0.1) is 0 Å². The smallest absolute Gasteiger partial charge is 0.261 e. The second-order valence-electron chi connectivity index (χ2n) is 6.11. The average Bonchev–Trinajstić information content (AvgIpc) is 3.26. The molecule has 0 aliphatic carbocycles. The average molecular weight is 428 g/mol. The van der Waals surface area contributed by atoms with Gasteiger partial charge in [-0.2, -0.15) is 0 Å². The molecular formula is C20H14F2N4O3S. The van der Waals surface area contributed by atoms with Crippen LogP contribution in [0.3, 0.4) is 0 Å². The van der Waals surface area contributed by atoms with Gasteiger partial charge in [-0.25, -0.2) is 27.2 Å². The Bertz CT molecular complexity index is 1280. The number of hydrogen-bond acceptors (Lipinski definition) is 5. The molecule has 0 amide bonds. The highest BCUT2D eigenvalue weighted by molar-refractivity contribution is 7.92. The first kappa shape index (κ1) is 19.5. The lowest BCUT2D eigenvalue weighted by molar-refractivity contribution is 0.461. The molecule has 0 saturated heterocycles. The van der Waals surface area contributed by atoms with E-state index in [1.54, 1.807) is 22.8 Å². The fourth-order valence-electron chi connectivity index (χ4n) is 2.58. The van der Waals surface area contributed by atoms with Gasteiger partial charge in [0.05, 0.1) is 4.90 Å². The number of halogens is 2. The van der Waals surface area contributed by atoms with Gasteiger partial charge in [-0.3, -0.25) is 4.72 Å². The Morgan fingerprint density at radius 3 is 2.33 bits per heavy atom. The third-order valence-electron chi connectivity index (χ3n) is 4.03. The molecule has 0 saturated carbocycles. The molecule has 0 aliphatic heterocycles. The number of hydrogen-bond donors (Lipinski definition) is 1. The van der Waals surface area contributed by atoms with Crippen molar-refractivity contribution in [3.05, 3.63) is 91.0 Å². The van der Waals surface area contributed by atoms with Gasteiger partial charge in [-0.05, 0) is 54.6 Å². The number of sulfonamides is 1. The highest BCUT2D eigenvalue weighted by Crippen LogP contribution is 2.24. The van der Waals surface area contributed by atoms with Crippen molar-refractivity contribution in [3.8, 4) is 17.4 Å². The number of aromatic nitrogens is 3. The van der Waals surface area contributed by atoms with Crippen molar-refractivity contribution in [2.45, 2.75) is 4.90 Å². The molecule has 4 aromatic rings. The molecule has 0 atom stereocenters. The van der Waals surface area contributed by atoms with Crippen LogP contribution in [0.5, 0.6) is 11.6 Å². The van der Waals surface area contributed by atoms with Gasteiger partial charge in [0.2, 0.25) is 5.88 Å². The van der Waals surface area contributed by atoms with Crippen molar-refractivity contribution in [2.75, 3.05) is 4.72 Å². The predicted molar refractivity (Wildman–Crippen MR) is 105 cm³/mol. The van der Waals surface area contributed by atoms with E-state index in [-0.39, 0.29) is 10.6 Å². The van der Waals surface area contributed by atoms with Crippen LogP contribution in [0.25, 0.3) is 5.82 Å². The molecule has 2 aromatic carbocycles. The van der Waals surface area contributed by atoms with Gasteiger partial charge in [0, 0.05) is 24.1 Å². The van der Waals surface area contributed by atoms with Gasteiger partial charge in [0.25, 0.3) is 10.0 Å². The highest BCUT2D eigenvalue weighted by atomic mass is 32.2. The van der Waals surface area contributed by atoms with E-state index in [0.717, 1.165) is 12.1 Å². The van der Waals surface area contributed by atoms with Crippen LogP contribution in [0.15, 0.2) is 84.3 Å². The van der Waals surface area contributed by atoms with Gasteiger partial charge in [0.15, 0.2) is 11.6 Å². The van der Waals surface area contributed by atoms with Crippen molar-refractivity contribution < 1.29 is 21.9 Å². The van der Waals surface area contributed by atoms with Gasteiger partial charge < -0.3 is 9.30 Å². The number of ether oxygens (including phenoxy) is 1. The zero-order chi connectivity index (χ0) is 21.1. The summed E-state index contributed by atoms with van der Waals surface area (Å²) in [6, 6.07) is 13.8. The highest BCUT2D eigenvalue weighted by Gasteiger charge is 2.16. The number of nitrogens with one attached hydrogen (secondary N) is 1. The molecule has 0 unspecified atom stereocenters. The summed E-state index contributed by atoms with van der Waals surface area (Å²) in [7, 11) is -4.08. The predicted octanol–water partition coefficient (Wildman–Crippen LogP) is 4.14. The number of anilines is 1. The van der Waals surface area contributed by atoms with E-state index in [4.69, 9.17) is 4.74 Å². The van der Waals surface area contributed by atoms with E-state index in [2.05, 4.69) is 14.7 Å². The first-order valence-electron chi connectivity index (χ1n) is 8.62. The Morgan fingerprint density at radius 1 is 0.900 bits per heavy atom. The van der Waals surface area contributed by atoms with Gasteiger partial charge >= 0.3 is 0 Å². The van der Waals surface area contributed by atoms with Crippen LogP contribution in [-0.2, 0) is 10.0 Å². The van der Waals surface area contributed by atoms with E-state index in [9.17, 15) is 17.2 Å². The van der Waals surface area contributed by atoms with E-state index in [1.807, 2.05) is 24.5 Å². The number of benzene rings is 2. The Balaban J connectivity index is 1.48. The first-order valence-corrected chi connectivity index (χ1v) is 10.1. The molecule has 7 nitrogen and oxygen atoms in total. The van der Waals surface area contributed by atoms with Crippen LogP contribution in [0, 0.1) is 11.6 Å². The molecule has 152 valence electrons. The van der Waals surface area contributed by atoms with Crippen molar-refractivity contribution in [2.24, 2.45) is 0 Å². The molecule has 4 rings (SSSR count). The van der Waals surface area contributed by atoms with Crippen molar-refractivity contribution >= 4 is 15.7 Å². The first-order chi connectivity index (χ1) is 14.4. The minimum absolute atomic E-state index is 0.225. The topological polar surface area (TPSA) is 86.1 Å². The SMILES string of the molecule is O=S(=O)(Nc1ccc(Oc2cc(-n3cccc3)ncn2)cc1)c1ccc(F)c(F)c1. The summed E-state index contributed by atoms with van der Waals surface area (Å²) in [6.45, 7) is 0. The van der Waals surface area contributed by atoms with Crippen LogP contribution in [0.4, 0.5) is 14.5 Å². The lowest BCUT2D eigenvalue weighted by Gasteiger charge is -2.10. The molecule has 10 heteroatoms. The Morgan fingerprint density at radius 2 is 1.63 bits per heavy atom. The summed E-state index contributed by atoms with van der Waals surface area (Å²) in [5.41, 5.74) is 0.225. The van der Waals surface area contributed by atoms with Crippen molar-refractivity contribution in [1.82, 2.24) is 14.5 Å². The Kier molecular flexibility index (Phi) is 5.15. The van der Waals surface area contributed by atoms with Gasteiger partial charge in [-0.1, -0.05) is 0 Å². The molecular weight excluding hydrogens is 414 g/mol. The standard InChI is InChI=1S/C20H14F2N4O3S/c21-17-8-7-16(11-18(17)22)30(27,28)25-14-3-5-15(6-4-14)29-20-12-19(23-13-24-20)26-9-1-2-10-26/h1-13,25H. The molecule has 1 N–H and O–H groups in total.